The molecule has 2 aromatic heterocycles. The zero-order valence-electron chi connectivity index (χ0n) is 14.3. The zero-order chi connectivity index (χ0) is 19.0. The first-order valence-corrected chi connectivity index (χ1v) is 9.60. The average Bonchev–Trinajstić information content (AvgIpc) is 3.07. The van der Waals surface area contributed by atoms with Crippen molar-refractivity contribution in [2.24, 2.45) is 0 Å². The number of anilines is 1. The molecule has 0 atom stereocenters. The molecule has 0 bridgehead atoms. The van der Waals surface area contributed by atoms with E-state index in [9.17, 15) is 12.8 Å². The van der Waals surface area contributed by atoms with Crippen molar-refractivity contribution >= 4 is 21.5 Å². The minimum Gasteiger partial charge on any atom is -0.291 e. The van der Waals surface area contributed by atoms with Crippen LogP contribution in [0.2, 0.25) is 0 Å². The van der Waals surface area contributed by atoms with E-state index in [1.807, 2.05) is 18.5 Å². The monoisotopic (exact) mass is 382 g/mol. The summed E-state index contributed by atoms with van der Waals surface area (Å²) in [5, 5.41) is 0. The van der Waals surface area contributed by atoms with Gasteiger partial charge in [-0.2, -0.15) is 0 Å². The molecule has 4 rings (SSSR count). The normalized spacial score (nSPS) is 11.6. The molecule has 0 spiro atoms. The van der Waals surface area contributed by atoms with Crippen molar-refractivity contribution in [1.29, 1.82) is 0 Å². The fourth-order valence-electron chi connectivity index (χ4n) is 2.70. The number of aromatic nitrogens is 3. The van der Waals surface area contributed by atoms with Gasteiger partial charge in [0, 0.05) is 24.2 Å². The smallest absolute Gasteiger partial charge is 0.262 e. The number of imidazole rings is 1. The Hall–Kier alpha value is -3.26. The highest BCUT2D eigenvalue weighted by molar-refractivity contribution is 7.92. The number of hydrogen-bond acceptors (Lipinski definition) is 4. The summed E-state index contributed by atoms with van der Waals surface area (Å²) in [6, 6.07) is 12.0. The molecule has 8 heteroatoms. The van der Waals surface area contributed by atoms with E-state index in [2.05, 4.69) is 14.7 Å². The summed E-state index contributed by atoms with van der Waals surface area (Å²) in [5.74, 6) is -0.0597. The fourth-order valence-corrected chi connectivity index (χ4v) is 3.85. The molecular weight excluding hydrogens is 367 g/mol. The van der Waals surface area contributed by atoms with Crippen molar-refractivity contribution in [3.8, 4) is 11.3 Å². The number of aryl methyl sites for hydroxylation is 1. The van der Waals surface area contributed by atoms with Crippen LogP contribution in [-0.2, 0) is 10.0 Å². The minimum atomic E-state index is -3.91. The summed E-state index contributed by atoms with van der Waals surface area (Å²) in [6.07, 6.45) is 5.30. The molecule has 27 heavy (non-hydrogen) atoms. The summed E-state index contributed by atoms with van der Waals surface area (Å²) < 4.78 is 42.9. The Morgan fingerprint density at radius 3 is 2.74 bits per heavy atom. The summed E-state index contributed by atoms with van der Waals surface area (Å²) in [4.78, 5) is 8.49. The average molecular weight is 382 g/mol. The summed E-state index contributed by atoms with van der Waals surface area (Å²) in [5.41, 5.74) is 2.55. The van der Waals surface area contributed by atoms with Crippen LogP contribution in [0, 0.1) is 12.7 Å². The number of fused-ring (bicyclic) bond motifs is 1. The first kappa shape index (κ1) is 17.2. The topological polar surface area (TPSA) is 76.4 Å². The predicted octanol–water partition coefficient (Wildman–Crippen LogP) is 3.64. The van der Waals surface area contributed by atoms with Crippen molar-refractivity contribution in [2.45, 2.75) is 11.8 Å². The van der Waals surface area contributed by atoms with E-state index in [1.54, 1.807) is 35.7 Å². The van der Waals surface area contributed by atoms with E-state index < -0.39 is 15.8 Å². The van der Waals surface area contributed by atoms with Gasteiger partial charge in [-0.3, -0.25) is 9.12 Å². The SMILES string of the molecule is Cc1ccc(-c2cn3cccnc3n2)cc1NS(=O)(=O)c1cccc(F)c1. The van der Waals surface area contributed by atoms with E-state index in [4.69, 9.17) is 0 Å². The molecule has 4 aromatic rings. The number of hydrogen-bond donors (Lipinski definition) is 1. The van der Waals surface area contributed by atoms with Gasteiger partial charge in [-0.15, -0.1) is 0 Å². The number of benzene rings is 2. The number of sulfonamides is 1. The second kappa shape index (κ2) is 6.48. The Balaban J connectivity index is 1.72. The molecule has 0 saturated heterocycles. The Bertz CT molecular complexity index is 1220. The highest BCUT2D eigenvalue weighted by Gasteiger charge is 2.17. The maximum absolute atomic E-state index is 13.4. The molecule has 1 N–H and O–H groups in total. The van der Waals surface area contributed by atoms with Crippen LogP contribution < -0.4 is 4.72 Å². The first-order valence-electron chi connectivity index (χ1n) is 8.11. The van der Waals surface area contributed by atoms with Gasteiger partial charge >= 0.3 is 0 Å². The highest BCUT2D eigenvalue weighted by atomic mass is 32.2. The molecule has 0 unspecified atom stereocenters. The number of nitrogens with one attached hydrogen (secondary N) is 1. The lowest BCUT2D eigenvalue weighted by Crippen LogP contribution is -2.14. The van der Waals surface area contributed by atoms with E-state index in [-0.39, 0.29) is 4.90 Å². The van der Waals surface area contributed by atoms with Gasteiger partial charge in [-0.05, 0) is 42.8 Å². The molecule has 0 aliphatic heterocycles. The first-order chi connectivity index (χ1) is 12.9. The summed E-state index contributed by atoms with van der Waals surface area (Å²) in [7, 11) is -3.91. The zero-order valence-corrected chi connectivity index (χ0v) is 15.1. The Kier molecular flexibility index (Phi) is 4.12. The standard InChI is InChI=1S/C19H15FN4O2S/c1-13-6-7-14(18-12-24-9-3-8-21-19(24)22-18)10-17(13)23-27(25,26)16-5-2-4-15(20)11-16/h2-12,23H,1H3. The third kappa shape index (κ3) is 3.39. The minimum absolute atomic E-state index is 0.135. The molecule has 0 radical (unpaired) electrons. The summed E-state index contributed by atoms with van der Waals surface area (Å²) in [6.45, 7) is 1.79. The number of rotatable bonds is 4. The van der Waals surface area contributed by atoms with Gasteiger partial charge in [0.2, 0.25) is 5.78 Å². The van der Waals surface area contributed by atoms with Gasteiger partial charge in [0.25, 0.3) is 10.0 Å². The largest absolute Gasteiger partial charge is 0.291 e. The molecule has 0 fully saturated rings. The van der Waals surface area contributed by atoms with Crippen LogP contribution in [0.25, 0.3) is 17.0 Å². The third-order valence-electron chi connectivity index (χ3n) is 4.12. The third-order valence-corrected chi connectivity index (χ3v) is 5.48. The van der Waals surface area contributed by atoms with Gasteiger partial charge in [0.15, 0.2) is 0 Å². The maximum atomic E-state index is 13.4. The molecule has 6 nitrogen and oxygen atoms in total. The summed E-state index contributed by atoms with van der Waals surface area (Å²) >= 11 is 0. The van der Waals surface area contributed by atoms with E-state index in [1.165, 1.54) is 18.2 Å². The Morgan fingerprint density at radius 1 is 1.11 bits per heavy atom. The molecule has 2 aromatic carbocycles. The molecule has 0 aliphatic rings. The molecule has 0 amide bonds. The van der Waals surface area contributed by atoms with Crippen LogP contribution in [0.3, 0.4) is 0 Å². The second-order valence-electron chi connectivity index (χ2n) is 6.05. The lowest BCUT2D eigenvalue weighted by molar-refractivity contribution is 0.595. The molecule has 136 valence electrons. The highest BCUT2D eigenvalue weighted by Crippen LogP contribution is 2.27. The van der Waals surface area contributed by atoms with E-state index >= 15 is 0 Å². The molecule has 2 heterocycles. The van der Waals surface area contributed by atoms with Crippen LogP contribution in [0.4, 0.5) is 10.1 Å². The van der Waals surface area contributed by atoms with E-state index in [0.29, 0.717) is 17.2 Å². The Morgan fingerprint density at radius 2 is 1.96 bits per heavy atom. The van der Waals surface area contributed by atoms with Crippen molar-refractivity contribution in [2.75, 3.05) is 4.72 Å². The van der Waals surface area contributed by atoms with Gasteiger partial charge in [-0.1, -0.05) is 18.2 Å². The second-order valence-corrected chi connectivity index (χ2v) is 7.73. The van der Waals surface area contributed by atoms with Crippen LogP contribution in [-0.4, -0.2) is 22.8 Å². The number of halogens is 1. The predicted molar refractivity (Wildman–Crippen MR) is 100 cm³/mol. The van der Waals surface area contributed by atoms with Crippen LogP contribution >= 0.6 is 0 Å². The molecular formula is C19H15FN4O2S. The van der Waals surface area contributed by atoms with E-state index in [0.717, 1.165) is 17.2 Å². The molecule has 0 aliphatic carbocycles. The lowest BCUT2D eigenvalue weighted by Gasteiger charge is -2.12. The van der Waals surface area contributed by atoms with Crippen LogP contribution in [0.5, 0.6) is 0 Å². The maximum Gasteiger partial charge on any atom is 0.262 e. The van der Waals surface area contributed by atoms with Gasteiger partial charge in [-0.25, -0.2) is 22.8 Å². The van der Waals surface area contributed by atoms with Crippen LogP contribution in [0.15, 0.2) is 72.0 Å². The molecule has 0 saturated carbocycles. The van der Waals surface area contributed by atoms with Gasteiger partial charge < -0.3 is 0 Å². The van der Waals surface area contributed by atoms with Crippen LogP contribution in [0.1, 0.15) is 5.56 Å². The van der Waals surface area contributed by atoms with Crippen molar-refractivity contribution < 1.29 is 12.8 Å². The number of nitrogens with zero attached hydrogens (tertiary/aromatic N) is 3. The lowest BCUT2D eigenvalue weighted by atomic mass is 10.1. The van der Waals surface area contributed by atoms with Gasteiger partial charge in [0.1, 0.15) is 5.82 Å². The fraction of sp³-hybridized carbons (Fsp3) is 0.0526. The quantitative estimate of drug-likeness (QED) is 0.585. The van der Waals surface area contributed by atoms with Crippen molar-refractivity contribution in [3.63, 3.8) is 0 Å². The Labute approximate surface area is 155 Å². The van der Waals surface area contributed by atoms with Crippen molar-refractivity contribution in [1.82, 2.24) is 14.4 Å². The van der Waals surface area contributed by atoms with Crippen molar-refractivity contribution in [3.05, 3.63) is 78.5 Å². The van der Waals surface area contributed by atoms with Gasteiger partial charge in [0.05, 0.1) is 16.3 Å².